The topological polar surface area (TPSA) is 87.7 Å². The number of nitrogens with zero attached hydrogens (tertiary/aromatic N) is 1. The Kier molecular flexibility index (Phi) is 11.4. The Bertz CT molecular complexity index is 834. The van der Waals surface area contributed by atoms with Crippen LogP contribution in [0.2, 0.25) is 0 Å². The number of thioether (sulfide) groups is 1. The van der Waals surface area contributed by atoms with Gasteiger partial charge >= 0.3 is 6.09 Å². The molecule has 3 amide bonds. The number of rotatable bonds is 13. The van der Waals surface area contributed by atoms with Crippen molar-refractivity contribution < 1.29 is 19.1 Å². The molecule has 196 valence electrons. The van der Waals surface area contributed by atoms with Crippen molar-refractivity contribution in [3.8, 4) is 0 Å². The molecule has 35 heavy (non-hydrogen) atoms. The van der Waals surface area contributed by atoms with Crippen LogP contribution in [0.3, 0.4) is 0 Å². The molecule has 1 saturated carbocycles. The first-order valence-corrected chi connectivity index (χ1v) is 14.2. The van der Waals surface area contributed by atoms with E-state index in [2.05, 4.69) is 24.5 Å². The summed E-state index contributed by atoms with van der Waals surface area (Å²) in [6.07, 6.45) is 6.24. The van der Waals surface area contributed by atoms with Crippen LogP contribution in [0.15, 0.2) is 24.3 Å². The molecule has 2 unspecified atom stereocenters. The Morgan fingerprint density at radius 1 is 1.14 bits per heavy atom. The Hall–Kier alpha value is -2.22. The molecule has 1 aliphatic rings. The Morgan fingerprint density at radius 3 is 2.31 bits per heavy atom. The van der Waals surface area contributed by atoms with E-state index in [0.29, 0.717) is 18.7 Å². The highest BCUT2D eigenvalue weighted by Gasteiger charge is 2.43. The highest BCUT2D eigenvalue weighted by molar-refractivity contribution is 7.98. The highest BCUT2D eigenvalue weighted by atomic mass is 32.2. The second-order valence-corrected chi connectivity index (χ2v) is 11.1. The van der Waals surface area contributed by atoms with Gasteiger partial charge in [0.1, 0.15) is 17.7 Å². The lowest BCUT2D eigenvalue weighted by Crippen LogP contribution is -2.54. The molecule has 0 saturated heterocycles. The Labute approximate surface area is 215 Å². The first kappa shape index (κ1) is 29.0. The van der Waals surface area contributed by atoms with Crippen LogP contribution in [0.1, 0.15) is 83.9 Å². The summed E-state index contributed by atoms with van der Waals surface area (Å²) < 4.78 is 5.43. The molecule has 2 rings (SSSR count). The van der Waals surface area contributed by atoms with Gasteiger partial charge in [-0.1, -0.05) is 44.5 Å². The number of amides is 3. The van der Waals surface area contributed by atoms with Crippen molar-refractivity contribution in [2.75, 3.05) is 18.6 Å². The van der Waals surface area contributed by atoms with Crippen molar-refractivity contribution in [3.05, 3.63) is 35.4 Å². The lowest BCUT2D eigenvalue weighted by molar-refractivity contribution is -0.143. The lowest BCUT2D eigenvalue weighted by atomic mass is 10.00. The fourth-order valence-electron chi connectivity index (χ4n) is 3.85. The van der Waals surface area contributed by atoms with Gasteiger partial charge in [-0.25, -0.2) is 4.79 Å². The van der Waals surface area contributed by atoms with Gasteiger partial charge in [0.15, 0.2) is 0 Å². The maximum absolute atomic E-state index is 14.0. The zero-order chi connectivity index (χ0) is 26.0. The largest absolute Gasteiger partial charge is 0.444 e. The molecule has 8 heteroatoms. The zero-order valence-corrected chi connectivity index (χ0v) is 23.0. The van der Waals surface area contributed by atoms with E-state index >= 15 is 0 Å². The average molecular weight is 506 g/mol. The smallest absolute Gasteiger partial charge is 0.408 e. The Morgan fingerprint density at radius 2 is 1.80 bits per heavy atom. The van der Waals surface area contributed by atoms with Crippen molar-refractivity contribution in [1.82, 2.24) is 15.5 Å². The lowest BCUT2D eigenvalue weighted by Gasteiger charge is -2.34. The van der Waals surface area contributed by atoms with Crippen molar-refractivity contribution in [2.45, 2.75) is 96.9 Å². The molecule has 1 aromatic carbocycles. The van der Waals surface area contributed by atoms with Crippen LogP contribution < -0.4 is 10.6 Å². The van der Waals surface area contributed by atoms with Crippen LogP contribution in [0, 0.1) is 0 Å². The van der Waals surface area contributed by atoms with E-state index in [0.717, 1.165) is 37.7 Å². The standard InChI is InChI=1S/C27H43N3O4S/c1-7-9-17-28-24(31)23(20-12-10-19(8-2)11-13-20)30(21-14-15-21)25(32)22(16-18-35-6)29-26(33)34-27(3,4)5/h10-13,21-23H,7-9,14-18H2,1-6H3,(H,28,31)(H,29,33). The molecule has 0 heterocycles. The van der Waals surface area contributed by atoms with E-state index in [1.807, 2.05) is 30.5 Å². The van der Waals surface area contributed by atoms with E-state index in [4.69, 9.17) is 4.74 Å². The maximum atomic E-state index is 14.0. The number of benzene rings is 1. The third kappa shape index (κ3) is 9.39. The average Bonchev–Trinajstić information content (AvgIpc) is 3.64. The van der Waals surface area contributed by atoms with Crippen LogP contribution >= 0.6 is 11.8 Å². The van der Waals surface area contributed by atoms with Gasteiger partial charge in [0.2, 0.25) is 11.8 Å². The molecule has 1 aliphatic carbocycles. The summed E-state index contributed by atoms with van der Waals surface area (Å²) in [5.74, 6) is 0.287. The number of alkyl carbamates (subject to hydrolysis) is 1. The SMILES string of the molecule is CCCCNC(=O)C(c1ccc(CC)cc1)N(C(=O)C(CCSC)NC(=O)OC(C)(C)C)C1CC1. The second kappa shape index (κ2) is 13.8. The van der Waals surface area contributed by atoms with E-state index in [1.165, 1.54) is 5.56 Å². The number of hydrogen-bond donors (Lipinski definition) is 2. The molecule has 0 aliphatic heterocycles. The van der Waals surface area contributed by atoms with E-state index in [-0.39, 0.29) is 17.9 Å². The van der Waals surface area contributed by atoms with Crippen LogP contribution in [0.25, 0.3) is 0 Å². The second-order valence-electron chi connectivity index (χ2n) is 10.1. The maximum Gasteiger partial charge on any atom is 0.408 e. The minimum atomic E-state index is -0.765. The van der Waals surface area contributed by atoms with Crippen molar-refractivity contribution in [1.29, 1.82) is 0 Å². The normalized spacial score (nSPS) is 15.1. The summed E-state index contributed by atoms with van der Waals surface area (Å²) in [6, 6.07) is 6.40. The minimum absolute atomic E-state index is 0.0208. The number of aryl methyl sites for hydroxylation is 1. The summed E-state index contributed by atoms with van der Waals surface area (Å²) in [5, 5.41) is 5.82. The first-order valence-electron chi connectivity index (χ1n) is 12.8. The van der Waals surface area contributed by atoms with Gasteiger partial charge in [-0.05, 0) is 76.0 Å². The fraction of sp³-hybridized carbons (Fsp3) is 0.667. The predicted octanol–water partition coefficient (Wildman–Crippen LogP) is 4.84. The van der Waals surface area contributed by atoms with Gasteiger partial charge in [0.05, 0.1) is 0 Å². The van der Waals surface area contributed by atoms with Gasteiger partial charge in [0.25, 0.3) is 0 Å². The fourth-order valence-corrected chi connectivity index (χ4v) is 4.32. The number of carbonyl (C=O) groups excluding carboxylic acids is 3. The molecule has 0 bridgehead atoms. The van der Waals surface area contributed by atoms with E-state index in [9.17, 15) is 14.4 Å². The molecule has 2 N–H and O–H groups in total. The number of unbranched alkanes of at least 4 members (excludes halogenated alkanes) is 1. The summed E-state index contributed by atoms with van der Waals surface area (Å²) >= 11 is 1.61. The van der Waals surface area contributed by atoms with Gasteiger partial charge in [-0.3, -0.25) is 9.59 Å². The van der Waals surface area contributed by atoms with E-state index < -0.39 is 23.8 Å². The van der Waals surface area contributed by atoms with E-state index in [1.54, 1.807) is 37.4 Å². The summed E-state index contributed by atoms with van der Waals surface area (Å²) in [7, 11) is 0. The van der Waals surface area contributed by atoms with Gasteiger partial charge in [-0.15, -0.1) is 0 Å². The molecule has 7 nitrogen and oxygen atoms in total. The Balaban J connectivity index is 2.38. The summed E-state index contributed by atoms with van der Waals surface area (Å²) in [5.41, 5.74) is 1.29. The third-order valence-electron chi connectivity index (χ3n) is 5.85. The quantitative estimate of drug-likeness (QED) is 0.375. The molecule has 1 aromatic rings. The molecule has 1 fully saturated rings. The van der Waals surface area contributed by atoms with Crippen molar-refractivity contribution in [2.24, 2.45) is 0 Å². The molecule has 0 aromatic heterocycles. The molecule has 0 spiro atoms. The number of carbonyl (C=O) groups is 3. The van der Waals surface area contributed by atoms with Gasteiger partial charge < -0.3 is 20.3 Å². The molecule has 2 atom stereocenters. The molecular weight excluding hydrogens is 462 g/mol. The van der Waals surface area contributed by atoms with Crippen LogP contribution in [-0.4, -0.2) is 59.0 Å². The van der Waals surface area contributed by atoms with Crippen molar-refractivity contribution in [3.63, 3.8) is 0 Å². The van der Waals surface area contributed by atoms with Gasteiger partial charge in [0, 0.05) is 12.6 Å². The first-order chi connectivity index (χ1) is 16.6. The van der Waals surface area contributed by atoms with Crippen LogP contribution in [0.5, 0.6) is 0 Å². The number of ether oxygens (including phenoxy) is 1. The predicted molar refractivity (Wildman–Crippen MR) is 143 cm³/mol. The summed E-state index contributed by atoms with van der Waals surface area (Å²) in [4.78, 5) is 41.7. The van der Waals surface area contributed by atoms with Crippen LogP contribution in [-0.2, 0) is 20.7 Å². The molecule has 0 radical (unpaired) electrons. The highest BCUT2D eigenvalue weighted by Crippen LogP contribution is 2.36. The minimum Gasteiger partial charge on any atom is -0.444 e. The monoisotopic (exact) mass is 505 g/mol. The number of nitrogens with one attached hydrogen (secondary N) is 2. The molecular formula is C27H43N3O4S. The zero-order valence-electron chi connectivity index (χ0n) is 22.2. The third-order valence-corrected chi connectivity index (χ3v) is 6.50. The summed E-state index contributed by atoms with van der Waals surface area (Å²) in [6.45, 7) is 10.1. The van der Waals surface area contributed by atoms with Crippen molar-refractivity contribution >= 4 is 29.7 Å². The van der Waals surface area contributed by atoms with Crippen LogP contribution in [0.4, 0.5) is 4.79 Å². The number of hydrogen-bond acceptors (Lipinski definition) is 5. The van der Waals surface area contributed by atoms with Gasteiger partial charge in [-0.2, -0.15) is 11.8 Å².